The number of benzene rings is 1. The highest BCUT2D eigenvalue weighted by Crippen LogP contribution is 2.29. The average molecular weight is 261 g/mol. The molecule has 0 amide bonds. The van der Waals surface area contributed by atoms with Gasteiger partial charge in [0, 0.05) is 25.1 Å². The first-order valence-corrected chi connectivity index (χ1v) is 6.24. The van der Waals surface area contributed by atoms with Crippen LogP contribution < -0.4 is 0 Å². The first-order chi connectivity index (χ1) is 9.11. The highest BCUT2D eigenvalue weighted by molar-refractivity contribution is 5.35. The lowest BCUT2D eigenvalue weighted by Crippen LogP contribution is -2.38. The van der Waals surface area contributed by atoms with Crippen molar-refractivity contribution in [2.24, 2.45) is 7.05 Å². The summed E-state index contributed by atoms with van der Waals surface area (Å²) in [5, 5.41) is 27.5. The summed E-state index contributed by atoms with van der Waals surface area (Å²) in [6.45, 7) is 1.71. The third kappa shape index (κ3) is 2.67. The first kappa shape index (κ1) is 13.7. The lowest BCUT2D eigenvalue weighted by molar-refractivity contribution is 0.115. The van der Waals surface area contributed by atoms with E-state index in [1.807, 2.05) is 31.2 Å². The molecule has 0 atom stereocenters. The number of hydrogen-bond donors (Lipinski definition) is 2. The molecule has 0 unspecified atom stereocenters. The minimum atomic E-state index is -0.721. The molecule has 0 aliphatic carbocycles. The van der Waals surface area contributed by atoms with E-state index in [-0.39, 0.29) is 13.2 Å². The van der Waals surface area contributed by atoms with Crippen molar-refractivity contribution in [2.45, 2.75) is 18.8 Å². The minimum absolute atomic E-state index is 0.134. The molecule has 0 saturated carbocycles. The Morgan fingerprint density at radius 2 is 1.89 bits per heavy atom. The maximum Gasteiger partial charge on any atom is 0.0837 e. The summed E-state index contributed by atoms with van der Waals surface area (Å²) in [6, 6.07) is 7.78. The third-order valence-electron chi connectivity index (χ3n) is 3.49. The van der Waals surface area contributed by atoms with Gasteiger partial charge in [0.1, 0.15) is 0 Å². The molecule has 0 saturated heterocycles. The van der Waals surface area contributed by atoms with Gasteiger partial charge in [-0.3, -0.25) is 4.68 Å². The summed E-state index contributed by atoms with van der Waals surface area (Å²) in [5.74, 6) is 0. The molecule has 2 N–H and O–H groups in total. The predicted molar refractivity (Wildman–Crippen MR) is 71.7 cm³/mol. The lowest BCUT2D eigenvalue weighted by atomic mass is 9.76. The van der Waals surface area contributed by atoms with E-state index < -0.39 is 5.41 Å². The maximum atomic E-state index is 9.81. The molecule has 1 aromatic heterocycles. The van der Waals surface area contributed by atoms with Crippen molar-refractivity contribution in [3.8, 4) is 0 Å². The van der Waals surface area contributed by atoms with Gasteiger partial charge in [0.25, 0.3) is 0 Å². The molecule has 102 valence electrons. The van der Waals surface area contributed by atoms with E-state index in [0.29, 0.717) is 6.42 Å². The monoisotopic (exact) mass is 261 g/mol. The molecule has 19 heavy (non-hydrogen) atoms. The van der Waals surface area contributed by atoms with Crippen LogP contribution in [-0.4, -0.2) is 38.4 Å². The highest BCUT2D eigenvalue weighted by atomic mass is 16.3. The summed E-state index contributed by atoms with van der Waals surface area (Å²) >= 11 is 0. The Kier molecular flexibility index (Phi) is 3.97. The molecule has 1 heterocycles. The number of aliphatic hydroxyl groups excluding tert-OH is 2. The zero-order valence-electron chi connectivity index (χ0n) is 11.2. The summed E-state index contributed by atoms with van der Waals surface area (Å²) in [6.07, 6.45) is 2.26. The molecule has 0 bridgehead atoms. The maximum absolute atomic E-state index is 9.81. The quantitative estimate of drug-likeness (QED) is 0.826. The van der Waals surface area contributed by atoms with Gasteiger partial charge in [-0.1, -0.05) is 29.5 Å². The summed E-state index contributed by atoms with van der Waals surface area (Å²) in [4.78, 5) is 0. The van der Waals surface area contributed by atoms with Crippen molar-refractivity contribution in [1.82, 2.24) is 15.0 Å². The van der Waals surface area contributed by atoms with Gasteiger partial charge in [-0.25, -0.2) is 0 Å². The minimum Gasteiger partial charge on any atom is -0.395 e. The lowest BCUT2D eigenvalue weighted by Gasteiger charge is -2.31. The van der Waals surface area contributed by atoms with E-state index in [1.165, 1.54) is 0 Å². The molecule has 1 aromatic carbocycles. The second kappa shape index (κ2) is 5.50. The zero-order valence-corrected chi connectivity index (χ0v) is 11.2. The van der Waals surface area contributed by atoms with Gasteiger partial charge < -0.3 is 10.2 Å². The van der Waals surface area contributed by atoms with Crippen molar-refractivity contribution < 1.29 is 10.2 Å². The van der Waals surface area contributed by atoms with Gasteiger partial charge in [0.2, 0.25) is 0 Å². The second-order valence-corrected chi connectivity index (χ2v) is 4.97. The molecule has 0 aliphatic rings. The van der Waals surface area contributed by atoms with E-state index >= 15 is 0 Å². The van der Waals surface area contributed by atoms with Gasteiger partial charge in [-0.05, 0) is 18.1 Å². The Morgan fingerprint density at radius 1 is 1.21 bits per heavy atom. The van der Waals surface area contributed by atoms with E-state index in [4.69, 9.17) is 0 Å². The van der Waals surface area contributed by atoms with Gasteiger partial charge in [-0.2, -0.15) is 0 Å². The van der Waals surface area contributed by atoms with Crippen LogP contribution in [0.4, 0.5) is 0 Å². The smallest absolute Gasteiger partial charge is 0.0837 e. The molecular formula is C14H19N3O2. The van der Waals surface area contributed by atoms with Crippen LogP contribution in [0.15, 0.2) is 30.5 Å². The van der Waals surface area contributed by atoms with E-state index in [1.54, 1.807) is 17.9 Å². The first-order valence-electron chi connectivity index (χ1n) is 6.24. The molecule has 0 fully saturated rings. The predicted octanol–water partition coefficient (Wildman–Crippen LogP) is 0.589. The zero-order chi connectivity index (χ0) is 13.9. The molecule has 0 aliphatic heterocycles. The largest absolute Gasteiger partial charge is 0.395 e. The fourth-order valence-electron chi connectivity index (χ4n) is 2.42. The van der Waals surface area contributed by atoms with Crippen molar-refractivity contribution in [3.63, 3.8) is 0 Å². The van der Waals surface area contributed by atoms with Gasteiger partial charge >= 0.3 is 0 Å². The average Bonchev–Trinajstić information content (AvgIpc) is 2.82. The Labute approximate surface area is 112 Å². The molecular weight excluding hydrogens is 242 g/mol. The fourth-order valence-corrected chi connectivity index (χ4v) is 2.42. The molecule has 2 rings (SSSR count). The number of rotatable bonds is 5. The van der Waals surface area contributed by atoms with Crippen molar-refractivity contribution in [2.75, 3.05) is 13.2 Å². The molecule has 0 spiro atoms. The number of nitrogens with zero attached hydrogens (tertiary/aromatic N) is 3. The number of aliphatic hydroxyl groups is 2. The number of aryl methyl sites for hydroxylation is 2. The van der Waals surface area contributed by atoms with Crippen LogP contribution in [-0.2, 0) is 18.9 Å². The molecule has 0 radical (unpaired) electrons. The van der Waals surface area contributed by atoms with E-state index in [2.05, 4.69) is 10.3 Å². The Balaban J connectivity index is 2.40. The Morgan fingerprint density at radius 3 is 2.42 bits per heavy atom. The van der Waals surface area contributed by atoms with Crippen molar-refractivity contribution >= 4 is 0 Å². The number of hydrogen-bond acceptors (Lipinski definition) is 4. The SMILES string of the molecule is Cc1ccccc1C(CO)(CO)Cc1cn(C)nn1. The van der Waals surface area contributed by atoms with Crippen LogP contribution in [0.5, 0.6) is 0 Å². The standard InChI is InChI=1S/C14H19N3O2/c1-11-5-3-4-6-13(11)14(9-18,10-19)7-12-8-17(2)16-15-12/h3-6,8,18-19H,7,9-10H2,1-2H3. The Bertz CT molecular complexity index is 547. The topological polar surface area (TPSA) is 71.2 Å². The van der Waals surface area contributed by atoms with Crippen LogP contribution in [0, 0.1) is 6.92 Å². The molecule has 5 heteroatoms. The number of aromatic nitrogens is 3. The molecule has 2 aromatic rings. The van der Waals surface area contributed by atoms with Crippen LogP contribution >= 0.6 is 0 Å². The van der Waals surface area contributed by atoms with Crippen LogP contribution in [0.2, 0.25) is 0 Å². The van der Waals surface area contributed by atoms with Crippen LogP contribution in [0.3, 0.4) is 0 Å². The summed E-state index contributed by atoms with van der Waals surface area (Å²) < 4.78 is 1.62. The van der Waals surface area contributed by atoms with Crippen LogP contribution in [0.1, 0.15) is 16.8 Å². The van der Waals surface area contributed by atoms with Gasteiger partial charge in [0.15, 0.2) is 0 Å². The second-order valence-electron chi connectivity index (χ2n) is 4.97. The van der Waals surface area contributed by atoms with E-state index in [9.17, 15) is 10.2 Å². The van der Waals surface area contributed by atoms with Gasteiger partial charge in [-0.15, -0.1) is 5.10 Å². The van der Waals surface area contributed by atoms with Crippen LogP contribution in [0.25, 0.3) is 0 Å². The molecule has 5 nitrogen and oxygen atoms in total. The Hall–Kier alpha value is -1.72. The summed E-state index contributed by atoms with van der Waals surface area (Å²) in [5.41, 5.74) is 2.04. The normalized spacial score (nSPS) is 11.8. The van der Waals surface area contributed by atoms with Gasteiger partial charge in [0.05, 0.1) is 18.9 Å². The fraction of sp³-hybridized carbons (Fsp3) is 0.429. The van der Waals surface area contributed by atoms with Crippen molar-refractivity contribution in [1.29, 1.82) is 0 Å². The highest BCUT2D eigenvalue weighted by Gasteiger charge is 2.33. The summed E-state index contributed by atoms with van der Waals surface area (Å²) in [7, 11) is 1.80. The third-order valence-corrected chi connectivity index (χ3v) is 3.49. The van der Waals surface area contributed by atoms with E-state index in [0.717, 1.165) is 16.8 Å². The van der Waals surface area contributed by atoms with Crippen molar-refractivity contribution in [3.05, 3.63) is 47.3 Å².